The fourth-order valence-electron chi connectivity index (χ4n) is 4.35. The van der Waals surface area contributed by atoms with Gasteiger partial charge in [0.05, 0.1) is 6.42 Å². The van der Waals surface area contributed by atoms with Crippen molar-refractivity contribution in [2.24, 2.45) is 5.73 Å². The second kappa shape index (κ2) is 14.8. The number of alkyl carbamates (subject to hydrolysis) is 1. The summed E-state index contributed by atoms with van der Waals surface area (Å²) in [6, 6.07) is 13.4. The molecule has 9 nitrogen and oxygen atoms in total. The fourth-order valence-corrected chi connectivity index (χ4v) is 4.54. The summed E-state index contributed by atoms with van der Waals surface area (Å²) in [5.41, 5.74) is 11.2. The van der Waals surface area contributed by atoms with Crippen LogP contribution in [-0.2, 0) is 32.1 Å². The van der Waals surface area contributed by atoms with Gasteiger partial charge in [0.2, 0.25) is 5.91 Å². The molecule has 1 atom stereocenters. The number of rotatable bonds is 12. The van der Waals surface area contributed by atoms with Crippen molar-refractivity contribution < 1.29 is 23.9 Å². The summed E-state index contributed by atoms with van der Waals surface area (Å²) < 4.78 is 10.5. The monoisotopic (exact) mass is 568 g/mol. The van der Waals surface area contributed by atoms with E-state index in [9.17, 15) is 14.4 Å². The van der Waals surface area contributed by atoms with Crippen LogP contribution in [0.5, 0.6) is 0 Å². The van der Waals surface area contributed by atoms with Crippen LogP contribution in [0, 0.1) is 0 Å². The van der Waals surface area contributed by atoms with Gasteiger partial charge in [-0.2, -0.15) is 0 Å². The van der Waals surface area contributed by atoms with Gasteiger partial charge in [0.1, 0.15) is 18.2 Å². The molecule has 216 valence electrons. The molecule has 1 aliphatic rings. The topological polar surface area (TPSA) is 132 Å². The van der Waals surface area contributed by atoms with E-state index in [0.717, 1.165) is 37.7 Å². The van der Waals surface area contributed by atoms with E-state index >= 15 is 0 Å². The average molecular weight is 569 g/mol. The third kappa shape index (κ3) is 10.2. The van der Waals surface area contributed by atoms with Gasteiger partial charge in [-0.1, -0.05) is 49.2 Å². The Morgan fingerprint density at radius 2 is 1.62 bits per heavy atom. The van der Waals surface area contributed by atoms with Crippen molar-refractivity contribution in [1.82, 2.24) is 16.0 Å². The first-order valence-corrected chi connectivity index (χ1v) is 14.1. The first-order chi connectivity index (χ1) is 19.0. The Labute approximate surface area is 241 Å². The number of benzene rings is 2. The predicted octanol–water partition coefficient (Wildman–Crippen LogP) is 4.09. The number of nitrogens with two attached hydrogens (primary N) is 1. The predicted molar refractivity (Wildman–Crippen MR) is 159 cm³/mol. The number of unbranched alkanes of at least 4 members (excludes halogenated alkanes) is 3. The first kappa shape index (κ1) is 31.0. The number of fused-ring (bicyclic) bond motifs is 3. The summed E-state index contributed by atoms with van der Waals surface area (Å²) >= 11 is 5.08. The zero-order valence-corrected chi connectivity index (χ0v) is 24.3. The van der Waals surface area contributed by atoms with Crippen LogP contribution in [0.3, 0.4) is 0 Å². The lowest BCUT2D eigenvalue weighted by molar-refractivity contribution is -0.148. The molecule has 1 aliphatic carbocycles. The molecule has 3 rings (SSSR count). The molecule has 0 spiro atoms. The molecule has 2 aromatic carbocycles. The van der Waals surface area contributed by atoms with E-state index in [1.807, 2.05) is 18.2 Å². The number of hydrogen-bond donors (Lipinski definition) is 4. The van der Waals surface area contributed by atoms with E-state index in [4.69, 9.17) is 27.4 Å². The number of hydrogen-bond acceptors (Lipinski definition) is 7. The Balaban J connectivity index is 1.23. The van der Waals surface area contributed by atoms with Gasteiger partial charge in [-0.15, -0.1) is 0 Å². The van der Waals surface area contributed by atoms with Crippen molar-refractivity contribution in [1.29, 1.82) is 0 Å². The number of ether oxygens (including phenoxy) is 2. The Morgan fingerprint density at radius 3 is 2.35 bits per heavy atom. The molecule has 2 aromatic rings. The molecule has 5 N–H and O–H groups in total. The molecule has 0 aromatic heterocycles. The summed E-state index contributed by atoms with van der Waals surface area (Å²) in [5, 5.41) is 8.48. The molecule has 0 fully saturated rings. The normalized spacial score (nSPS) is 12.5. The van der Waals surface area contributed by atoms with E-state index in [2.05, 4.69) is 40.2 Å². The SMILES string of the molecule is CC(C)(C)OC(=O)NC(=S)NCCCCCCNC(=O)CC(N)C(=O)OCc1ccc2c(c1)-c1ccccc1C2. The number of carbonyl (C=O) groups excluding carboxylic acids is 3. The van der Waals surface area contributed by atoms with Crippen LogP contribution < -0.4 is 21.7 Å². The van der Waals surface area contributed by atoms with E-state index in [0.29, 0.717) is 13.1 Å². The smallest absolute Gasteiger partial charge is 0.413 e. The molecule has 40 heavy (non-hydrogen) atoms. The van der Waals surface area contributed by atoms with Crippen molar-refractivity contribution in [2.45, 2.75) is 77.5 Å². The Kier molecular flexibility index (Phi) is 11.5. The van der Waals surface area contributed by atoms with Crippen LogP contribution in [0.25, 0.3) is 11.1 Å². The Morgan fingerprint density at radius 1 is 0.950 bits per heavy atom. The summed E-state index contributed by atoms with van der Waals surface area (Å²) in [4.78, 5) is 36.2. The van der Waals surface area contributed by atoms with Crippen molar-refractivity contribution in [3.05, 3.63) is 59.2 Å². The molecule has 0 saturated heterocycles. The highest BCUT2D eigenvalue weighted by atomic mass is 32.1. The maximum absolute atomic E-state index is 12.4. The Bertz CT molecular complexity index is 1210. The van der Waals surface area contributed by atoms with E-state index in [1.165, 1.54) is 22.3 Å². The van der Waals surface area contributed by atoms with Crippen molar-refractivity contribution in [3.63, 3.8) is 0 Å². The van der Waals surface area contributed by atoms with Crippen LogP contribution in [0.15, 0.2) is 42.5 Å². The van der Waals surface area contributed by atoms with Gasteiger partial charge < -0.3 is 25.8 Å². The molecule has 0 heterocycles. The van der Waals surface area contributed by atoms with Gasteiger partial charge in [0, 0.05) is 13.1 Å². The largest absolute Gasteiger partial charge is 0.460 e. The highest BCUT2D eigenvalue weighted by Gasteiger charge is 2.21. The molecule has 1 unspecified atom stereocenters. The van der Waals surface area contributed by atoms with Crippen LogP contribution in [0.2, 0.25) is 0 Å². The molecular formula is C30H40N4O5S. The Hall–Kier alpha value is -3.50. The summed E-state index contributed by atoms with van der Waals surface area (Å²) in [5.74, 6) is -0.874. The zero-order chi connectivity index (χ0) is 29.1. The lowest BCUT2D eigenvalue weighted by atomic mass is 10.0. The number of nitrogens with one attached hydrogen (secondary N) is 3. The molecule has 0 aliphatic heterocycles. The molecule has 10 heteroatoms. The highest BCUT2D eigenvalue weighted by molar-refractivity contribution is 7.80. The van der Waals surface area contributed by atoms with Gasteiger partial charge in [-0.3, -0.25) is 14.9 Å². The van der Waals surface area contributed by atoms with Crippen LogP contribution >= 0.6 is 12.2 Å². The molecular weight excluding hydrogens is 528 g/mol. The number of thiocarbonyl (C=S) groups is 1. The quantitative estimate of drug-likeness (QED) is 0.146. The minimum atomic E-state index is -1.01. The minimum Gasteiger partial charge on any atom is -0.460 e. The minimum absolute atomic E-state index is 0.111. The zero-order valence-electron chi connectivity index (χ0n) is 23.5. The van der Waals surface area contributed by atoms with Crippen LogP contribution in [0.1, 0.15) is 69.6 Å². The van der Waals surface area contributed by atoms with Gasteiger partial charge in [-0.25, -0.2) is 4.79 Å². The van der Waals surface area contributed by atoms with E-state index < -0.39 is 23.7 Å². The molecule has 0 bridgehead atoms. The van der Waals surface area contributed by atoms with Crippen molar-refractivity contribution >= 4 is 35.3 Å². The third-order valence-corrected chi connectivity index (χ3v) is 6.52. The average Bonchev–Trinajstić information content (AvgIpc) is 3.25. The van der Waals surface area contributed by atoms with Crippen LogP contribution in [0.4, 0.5) is 4.79 Å². The van der Waals surface area contributed by atoms with Gasteiger partial charge in [-0.05, 0) is 86.1 Å². The number of esters is 1. The third-order valence-electron chi connectivity index (χ3n) is 6.28. The number of amides is 2. The maximum Gasteiger partial charge on any atom is 0.413 e. The molecule has 0 radical (unpaired) electrons. The van der Waals surface area contributed by atoms with Gasteiger partial charge >= 0.3 is 12.1 Å². The molecule has 0 saturated carbocycles. The maximum atomic E-state index is 12.4. The fraction of sp³-hybridized carbons (Fsp3) is 0.467. The van der Waals surface area contributed by atoms with Crippen molar-refractivity contribution in [2.75, 3.05) is 13.1 Å². The van der Waals surface area contributed by atoms with Gasteiger partial charge in [0.15, 0.2) is 5.11 Å². The van der Waals surface area contributed by atoms with Gasteiger partial charge in [0.25, 0.3) is 0 Å². The summed E-state index contributed by atoms with van der Waals surface area (Å²) in [7, 11) is 0. The second-order valence-corrected chi connectivity index (χ2v) is 11.3. The number of carbonyl (C=O) groups is 3. The van der Waals surface area contributed by atoms with E-state index in [-0.39, 0.29) is 24.0 Å². The first-order valence-electron chi connectivity index (χ1n) is 13.7. The lowest BCUT2D eigenvalue weighted by Crippen LogP contribution is -2.42. The van der Waals surface area contributed by atoms with Crippen molar-refractivity contribution in [3.8, 4) is 11.1 Å². The lowest BCUT2D eigenvalue weighted by Gasteiger charge is -2.20. The summed E-state index contributed by atoms with van der Waals surface area (Å²) in [6.45, 7) is 6.58. The standard InChI is InChI=1S/C30H40N4O5S/c1-30(2,3)39-29(37)34-28(40)33-15-9-5-4-8-14-32-26(35)18-25(31)27(36)38-19-20-12-13-22-17-21-10-6-7-11-23(21)24(22)16-20/h6-7,10-13,16,25H,4-5,8-9,14-15,17-19,31H2,1-3H3,(H,32,35)(H2,33,34,37,40). The molecule has 2 amide bonds. The van der Waals surface area contributed by atoms with E-state index in [1.54, 1.807) is 20.8 Å². The second-order valence-electron chi connectivity index (χ2n) is 10.9. The highest BCUT2D eigenvalue weighted by Crippen LogP contribution is 2.36. The van der Waals surface area contributed by atoms with Crippen LogP contribution in [-0.4, -0.2) is 47.8 Å². The summed E-state index contributed by atoms with van der Waals surface area (Å²) in [6.07, 6.45) is 3.70.